The Labute approximate surface area is 257 Å². The Hall–Kier alpha value is -4.80. The summed E-state index contributed by atoms with van der Waals surface area (Å²) in [5.41, 5.74) is 4.80. The Morgan fingerprint density at radius 3 is 2.57 bits per heavy atom. The van der Waals surface area contributed by atoms with Gasteiger partial charge in [-0.25, -0.2) is 14.6 Å². The Bertz CT molecular complexity index is 1930. The summed E-state index contributed by atoms with van der Waals surface area (Å²) < 4.78 is 7.92. The molecule has 1 saturated heterocycles. The molecule has 3 aromatic heterocycles. The van der Waals surface area contributed by atoms with Gasteiger partial charge in [-0.05, 0) is 53.8 Å². The minimum atomic E-state index is -1.26. The summed E-state index contributed by atoms with van der Waals surface area (Å²) in [4.78, 5) is 41.1. The predicted octanol–water partition coefficient (Wildman–Crippen LogP) is 5.25. The van der Waals surface area contributed by atoms with Crippen molar-refractivity contribution in [1.29, 1.82) is 0 Å². The number of pyridine rings is 1. The number of hydrogen-bond donors (Lipinski definition) is 2. The van der Waals surface area contributed by atoms with Crippen LogP contribution in [0.2, 0.25) is 0 Å². The van der Waals surface area contributed by atoms with Crippen LogP contribution in [0, 0.1) is 12.8 Å². The maximum absolute atomic E-state index is 13.5. The van der Waals surface area contributed by atoms with Gasteiger partial charge in [-0.1, -0.05) is 36.4 Å². The van der Waals surface area contributed by atoms with Crippen molar-refractivity contribution in [2.24, 2.45) is 5.92 Å². The summed E-state index contributed by atoms with van der Waals surface area (Å²) in [5, 5.41) is 20.3. The molecule has 0 spiro atoms. The standard InChI is InChI=1S/C30H27N3O2S.C4H4O4/c1-19-23(30(34)33-16-21(9-11-28(33)31-19)27-7-4-14-36-27)12-13-32-15-22-18-35-26-10-8-20-5-2-3-6-24(20)29(26)25(22)17-32;5-3(6)1-2-4(7)8/h2-11,14,16,22,25H,12-13,15,17-18H2,1H3;1-2H,(H,5,6)(H,7,8)/b;2-1+/t22-,25-;/m0./s1. The maximum Gasteiger partial charge on any atom is 0.328 e. The number of aryl methyl sites for hydroxylation is 1. The highest BCUT2D eigenvalue weighted by Gasteiger charge is 2.39. The summed E-state index contributed by atoms with van der Waals surface area (Å²) >= 11 is 1.68. The molecule has 1 fully saturated rings. The molecule has 10 heteroatoms. The van der Waals surface area contributed by atoms with Crippen molar-refractivity contribution in [1.82, 2.24) is 14.3 Å². The Kier molecular flexibility index (Phi) is 8.28. The summed E-state index contributed by atoms with van der Waals surface area (Å²) in [6, 6.07) is 21.0. The fourth-order valence-corrected chi connectivity index (χ4v) is 6.91. The molecule has 9 nitrogen and oxygen atoms in total. The zero-order valence-corrected chi connectivity index (χ0v) is 24.9. The van der Waals surface area contributed by atoms with E-state index in [1.807, 2.05) is 31.3 Å². The van der Waals surface area contributed by atoms with Crippen LogP contribution in [-0.4, -0.2) is 62.7 Å². The summed E-state index contributed by atoms with van der Waals surface area (Å²) in [6.45, 7) is 5.57. The molecule has 2 aliphatic heterocycles. The van der Waals surface area contributed by atoms with Crippen LogP contribution in [-0.2, 0) is 16.0 Å². The molecule has 0 saturated carbocycles. The second-order valence-corrected chi connectivity index (χ2v) is 11.9. The van der Waals surface area contributed by atoms with Crippen molar-refractivity contribution >= 4 is 39.7 Å². The Balaban J connectivity index is 0.000000381. The third-order valence-electron chi connectivity index (χ3n) is 8.25. The normalized spacial score (nSPS) is 17.6. The van der Waals surface area contributed by atoms with Crippen LogP contribution in [0.1, 0.15) is 22.7 Å². The first-order chi connectivity index (χ1) is 21.3. The molecule has 7 rings (SSSR count). The predicted molar refractivity (Wildman–Crippen MR) is 170 cm³/mol. The van der Waals surface area contributed by atoms with Gasteiger partial charge in [0.25, 0.3) is 5.56 Å². The van der Waals surface area contributed by atoms with E-state index < -0.39 is 11.9 Å². The lowest BCUT2D eigenvalue weighted by molar-refractivity contribution is -0.134. The average Bonchev–Trinajstić information content (AvgIpc) is 3.70. The lowest BCUT2D eigenvalue weighted by Crippen LogP contribution is -2.28. The van der Waals surface area contributed by atoms with Crippen LogP contribution in [0.25, 0.3) is 26.9 Å². The van der Waals surface area contributed by atoms with Crippen molar-refractivity contribution in [2.45, 2.75) is 19.3 Å². The van der Waals surface area contributed by atoms with E-state index in [0.717, 1.165) is 53.7 Å². The van der Waals surface area contributed by atoms with Crippen LogP contribution in [0.5, 0.6) is 5.75 Å². The van der Waals surface area contributed by atoms with E-state index in [1.54, 1.807) is 15.7 Å². The number of nitrogens with zero attached hydrogens (tertiary/aromatic N) is 3. The van der Waals surface area contributed by atoms with Gasteiger partial charge in [-0.2, -0.15) is 0 Å². The Morgan fingerprint density at radius 2 is 1.82 bits per heavy atom. The van der Waals surface area contributed by atoms with E-state index in [0.29, 0.717) is 36.1 Å². The lowest BCUT2D eigenvalue weighted by Gasteiger charge is -2.29. The van der Waals surface area contributed by atoms with Gasteiger partial charge >= 0.3 is 11.9 Å². The van der Waals surface area contributed by atoms with E-state index in [9.17, 15) is 14.4 Å². The number of likely N-dealkylation sites (tertiary alicyclic amines) is 1. The summed E-state index contributed by atoms with van der Waals surface area (Å²) in [7, 11) is 0. The number of benzene rings is 2. The number of ether oxygens (including phenoxy) is 1. The molecule has 0 radical (unpaired) electrons. The van der Waals surface area contributed by atoms with Crippen LogP contribution >= 0.6 is 11.3 Å². The molecule has 2 atom stereocenters. The average molecular weight is 610 g/mol. The van der Waals surface area contributed by atoms with Crippen molar-refractivity contribution in [3.63, 3.8) is 0 Å². The second kappa shape index (κ2) is 12.4. The van der Waals surface area contributed by atoms with Crippen LogP contribution < -0.4 is 10.3 Å². The van der Waals surface area contributed by atoms with Gasteiger partial charge < -0.3 is 19.8 Å². The molecule has 224 valence electrons. The third-order valence-corrected chi connectivity index (χ3v) is 9.17. The smallest absolute Gasteiger partial charge is 0.328 e. The summed E-state index contributed by atoms with van der Waals surface area (Å²) in [6.07, 6.45) is 3.75. The SMILES string of the molecule is Cc1nc2ccc(-c3cccs3)cn2c(=O)c1CCN1C[C@H]2COc3ccc4ccccc4c3[C@H]2C1.O=C(O)/C=C/C(=O)O. The topological polar surface area (TPSA) is 121 Å². The number of fused-ring (bicyclic) bond motifs is 6. The molecule has 5 heterocycles. The number of carboxylic acids is 2. The molecular formula is C34H31N3O6S. The van der Waals surface area contributed by atoms with E-state index in [1.165, 1.54) is 16.3 Å². The summed E-state index contributed by atoms with van der Waals surface area (Å²) in [5.74, 6) is -0.537. The van der Waals surface area contributed by atoms with Gasteiger partial charge in [0, 0.05) is 77.1 Å². The number of thiophene rings is 1. The number of carbonyl (C=O) groups is 2. The first-order valence-electron chi connectivity index (χ1n) is 14.3. The minimum Gasteiger partial charge on any atom is -0.493 e. The highest BCUT2D eigenvalue weighted by molar-refractivity contribution is 7.13. The number of aromatic nitrogens is 2. The molecule has 0 bridgehead atoms. The largest absolute Gasteiger partial charge is 0.493 e. The first-order valence-corrected chi connectivity index (χ1v) is 15.2. The number of rotatable bonds is 6. The zero-order chi connectivity index (χ0) is 30.8. The van der Waals surface area contributed by atoms with Crippen molar-refractivity contribution in [3.05, 3.63) is 112 Å². The Morgan fingerprint density at radius 1 is 1.02 bits per heavy atom. The van der Waals surface area contributed by atoms with Crippen molar-refractivity contribution in [3.8, 4) is 16.2 Å². The molecule has 0 unspecified atom stereocenters. The molecule has 2 aliphatic rings. The van der Waals surface area contributed by atoms with E-state index in [4.69, 9.17) is 19.9 Å². The first kappa shape index (κ1) is 29.3. The highest BCUT2D eigenvalue weighted by atomic mass is 32.1. The monoisotopic (exact) mass is 609 g/mol. The molecule has 2 aromatic carbocycles. The van der Waals surface area contributed by atoms with Crippen molar-refractivity contribution < 1.29 is 24.5 Å². The van der Waals surface area contributed by atoms with E-state index >= 15 is 0 Å². The molecule has 0 amide bonds. The lowest BCUT2D eigenvalue weighted by atomic mass is 9.84. The van der Waals surface area contributed by atoms with Gasteiger partial charge in [0.15, 0.2) is 0 Å². The second-order valence-electron chi connectivity index (χ2n) is 11.0. The maximum atomic E-state index is 13.5. The number of hydrogen-bond acceptors (Lipinski definition) is 7. The van der Waals surface area contributed by atoms with Crippen molar-refractivity contribution in [2.75, 3.05) is 26.2 Å². The van der Waals surface area contributed by atoms with Gasteiger partial charge in [-0.3, -0.25) is 9.20 Å². The van der Waals surface area contributed by atoms with Crippen LogP contribution in [0.3, 0.4) is 0 Å². The van der Waals surface area contributed by atoms with E-state index in [2.05, 4.69) is 52.7 Å². The fourth-order valence-electron chi connectivity index (χ4n) is 6.19. The molecule has 0 aliphatic carbocycles. The highest BCUT2D eigenvalue weighted by Crippen LogP contribution is 2.45. The molecule has 2 N–H and O–H groups in total. The quantitative estimate of drug-likeness (QED) is 0.251. The molecular weight excluding hydrogens is 578 g/mol. The molecule has 5 aromatic rings. The van der Waals surface area contributed by atoms with Gasteiger partial charge in [0.2, 0.25) is 0 Å². The minimum absolute atomic E-state index is 0.0483. The fraction of sp³-hybridized carbons (Fsp3) is 0.235. The third kappa shape index (κ3) is 5.99. The van der Waals surface area contributed by atoms with Gasteiger partial charge in [0.05, 0.1) is 6.61 Å². The number of aliphatic carboxylic acids is 2. The number of carboxylic acid groups (broad SMARTS) is 2. The molecule has 44 heavy (non-hydrogen) atoms. The van der Waals surface area contributed by atoms with E-state index in [-0.39, 0.29) is 5.56 Å². The van der Waals surface area contributed by atoms with Gasteiger partial charge in [-0.15, -0.1) is 11.3 Å². The van der Waals surface area contributed by atoms with Crippen LogP contribution in [0.15, 0.2) is 89.2 Å². The van der Waals surface area contributed by atoms with Gasteiger partial charge in [0.1, 0.15) is 11.4 Å². The zero-order valence-electron chi connectivity index (χ0n) is 24.1. The van der Waals surface area contributed by atoms with Crippen LogP contribution in [0.4, 0.5) is 0 Å².